The average molecular weight is 454 g/mol. The number of aliphatic hydroxyl groups is 1. The molecule has 7 heteroatoms. The Kier molecular flexibility index (Phi) is 8.34. The number of nitrogens with zero attached hydrogens (tertiary/aromatic N) is 3. The summed E-state index contributed by atoms with van der Waals surface area (Å²) in [5, 5.41) is 10.5. The number of ether oxygens (including phenoxy) is 2. The van der Waals surface area contributed by atoms with Crippen molar-refractivity contribution < 1.29 is 19.4 Å². The van der Waals surface area contributed by atoms with Gasteiger partial charge in [-0.15, -0.1) is 0 Å². The molecule has 2 fully saturated rings. The molecule has 33 heavy (non-hydrogen) atoms. The van der Waals surface area contributed by atoms with Crippen molar-refractivity contribution in [2.24, 2.45) is 0 Å². The summed E-state index contributed by atoms with van der Waals surface area (Å²) in [6.45, 7) is 6.99. The minimum Gasteiger partial charge on any atom is -0.497 e. The lowest BCUT2D eigenvalue weighted by Gasteiger charge is -2.39. The number of amides is 1. The molecule has 0 bridgehead atoms. The van der Waals surface area contributed by atoms with E-state index in [-0.39, 0.29) is 18.1 Å². The first-order chi connectivity index (χ1) is 16.1. The van der Waals surface area contributed by atoms with Crippen molar-refractivity contribution in [2.75, 3.05) is 66.1 Å². The third-order valence-corrected chi connectivity index (χ3v) is 6.44. The summed E-state index contributed by atoms with van der Waals surface area (Å²) in [7, 11) is 1.61. The molecule has 0 aliphatic carbocycles. The minimum absolute atomic E-state index is 0.0565. The van der Waals surface area contributed by atoms with E-state index in [1.165, 1.54) is 0 Å². The molecule has 2 aromatic carbocycles. The van der Waals surface area contributed by atoms with Crippen LogP contribution in [0.25, 0.3) is 0 Å². The maximum Gasteiger partial charge on any atom is 0.254 e. The maximum absolute atomic E-state index is 12.8. The lowest BCUT2D eigenvalue weighted by molar-refractivity contribution is -0.0562. The number of morpholine rings is 1. The molecule has 7 nitrogen and oxygen atoms in total. The standard InChI is InChI=1S/C26H35N3O4/c1-32-24-9-5-8-22(17-24)26(31)29-12-10-27(11-13-29)19-25-20-28(14-15-33-25)18-23(30)16-21-6-3-2-4-7-21/h2-9,17,23,25,30H,10-16,18-20H2,1H3. The molecule has 0 radical (unpaired) electrons. The van der Waals surface area contributed by atoms with Crippen molar-refractivity contribution in [3.8, 4) is 5.75 Å². The van der Waals surface area contributed by atoms with Gasteiger partial charge < -0.3 is 19.5 Å². The number of benzene rings is 2. The molecule has 4 rings (SSSR count). The summed E-state index contributed by atoms with van der Waals surface area (Å²) >= 11 is 0. The van der Waals surface area contributed by atoms with E-state index < -0.39 is 0 Å². The topological polar surface area (TPSA) is 65.5 Å². The minimum atomic E-state index is -0.377. The number of aliphatic hydroxyl groups excluding tert-OH is 1. The fourth-order valence-electron chi connectivity index (χ4n) is 4.67. The molecule has 2 unspecified atom stereocenters. The second kappa shape index (κ2) is 11.6. The Bertz CT molecular complexity index is 886. The van der Waals surface area contributed by atoms with Crippen molar-refractivity contribution in [3.05, 3.63) is 65.7 Å². The summed E-state index contributed by atoms with van der Waals surface area (Å²) in [4.78, 5) is 19.4. The van der Waals surface area contributed by atoms with Crippen molar-refractivity contribution in [1.29, 1.82) is 0 Å². The highest BCUT2D eigenvalue weighted by Crippen LogP contribution is 2.16. The number of piperazine rings is 1. The zero-order valence-electron chi connectivity index (χ0n) is 19.4. The van der Waals surface area contributed by atoms with Crippen LogP contribution in [0.3, 0.4) is 0 Å². The van der Waals surface area contributed by atoms with Gasteiger partial charge in [0.15, 0.2) is 0 Å². The van der Waals surface area contributed by atoms with Crippen LogP contribution in [0, 0.1) is 0 Å². The summed E-state index contributed by atoms with van der Waals surface area (Å²) < 4.78 is 11.3. The summed E-state index contributed by atoms with van der Waals surface area (Å²) in [5.74, 6) is 0.758. The van der Waals surface area contributed by atoms with Gasteiger partial charge in [-0.2, -0.15) is 0 Å². The normalized spacial score (nSPS) is 21.0. The molecule has 2 aliphatic rings. The van der Waals surface area contributed by atoms with E-state index in [1.807, 2.05) is 41.3 Å². The van der Waals surface area contributed by atoms with E-state index in [0.717, 1.165) is 38.3 Å². The zero-order chi connectivity index (χ0) is 23.0. The molecule has 2 atom stereocenters. The third-order valence-electron chi connectivity index (χ3n) is 6.44. The first kappa shape index (κ1) is 23.7. The van der Waals surface area contributed by atoms with E-state index in [0.29, 0.717) is 44.0 Å². The van der Waals surface area contributed by atoms with Crippen LogP contribution in [0.2, 0.25) is 0 Å². The Morgan fingerprint density at radius 3 is 2.61 bits per heavy atom. The van der Waals surface area contributed by atoms with Gasteiger partial charge in [0.25, 0.3) is 5.91 Å². The van der Waals surface area contributed by atoms with Crippen molar-refractivity contribution >= 4 is 5.91 Å². The predicted molar refractivity (Wildman–Crippen MR) is 128 cm³/mol. The summed E-state index contributed by atoms with van der Waals surface area (Å²) in [5.41, 5.74) is 1.83. The van der Waals surface area contributed by atoms with Crippen LogP contribution < -0.4 is 4.74 Å². The fraction of sp³-hybridized carbons (Fsp3) is 0.500. The number of hydrogen-bond donors (Lipinski definition) is 1. The lowest BCUT2D eigenvalue weighted by atomic mass is 10.1. The lowest BCUT2D eigenvalue weighted by Crippen LogP contribution is -2.54. The first-order valence-corrected chi connectivity index (χ1v) is 11.8. The molecule has 2 saturated heterocycles. The molecule has 1 N–H and O–H groups in total. The molecule has 1 amide bonds. The highest BCUT2D eigenvalue weighted by atomic mass is 16.5. The number of β-amino-alcohol motifs (C(OH)–C–C–N with tert-alkyl or cyclic N) is 1. The van der Waals surface area contributed by atoms with E-state index in [4.69, 9.17) is 9.47 Å². The van der Waals surface area contributed by atoms with Crippen molar-refractivity contribution in [2.45, 2.75) is 18.6 Å². The maximum atomic E-state index is 12.8. The van der Waals surface area contributed by atoms with E-state index in [2.05, 4.69) is 21.9 Å². The molecule has 0 saturated carbocycles. The Balaban J connectivity index is 1.21. The van der Waals surface area contributed by atoms with Crippen molar-refractivity contribution in [1.82, 2.24) is 14.7 Å². The van der Waals surface area contributed by atoms with Crippen LogP contribution in [-0.4, -0.2) is 104 Å². The molecular formula is C26H35N3O4. The summed E-state index contributed by atoms with van der Waals surface area (Å²) in [6, 6.07) is 17.5. The number of methoxy groups -OCH3 is 1. The number of rotatable bonds is 8. The number of carbonyl (C=O) groups is 1. The molecule has 178 valence electrons. The van der Waals surface area contributed by atoms with E-state index >= 15 is 0 Å². The SMILES string of the molecule is COc1cccc(C(=O)N2CCN(CC3CN(CC(O)Cc4ccccc4)CCO3)CC2)c1. The molecule has 2 aliphatic heterocycles. The smallest absolute Gasteiger partial charge is 0.254 e. The fourth-order valence-corrected chi connectivity index (χ4v) is 4.67. The van der Waals surface area contributed by atoms with Crippen LogP contribution in [0.5, 0.6) is 5.75 Å². The van der Waals surface area contributed by atoms with Gasteiger partial charge >= 0.3 is 0 Å². The monoisotopic (exact) mass is 453 g/mol. The van der Waals surface area contributed by atoms with Gasteiger partial charge in [0.1, 0.15) is 5.75 Å². The Labute approximate surface area is 196 Å². The van der Waals surface area contributed by atoms with Gasteiger partial charge in [-0.3, -0.25) is 14.6 Å². The van der Waals surface area contributed by atoms with Crippen molar-refractivity contribution in [3.63, 3.8) is 0 Å². The molecule has 0 spiro atoms. The van der Waals surface area contributed by atoms with E-state index in [9.17, 15) is 9.90 Å². The van der Waals surface area contributed by atoms with Gasteiger partial charge in [-0.25, -0.2) is 0 Å². The van der Waals surface area contributed by atoms with Crippen LogP contribution in [-0.2, 0) is 11.2 Å². The Hall–Kier alpha value is -2.45. The average Bonchev–Trinajstić information content (AvgIpc) is 2.85. The quantitative estimate of drug-likeness (QED) is 0.657. The Morgan fingerprint density at radius 1 is 1.06 bits per heavy atom. The predicted octanol–water partition coefficient (Wildman–Crippen LogP) is 1.76. The molecule has 2 aromatic rings. The van der Waals surface area contributed by atoms with Gasteiger partial charge in [-0.05, 0) is 30.2 Å². The highest BCUT2D eigenvalue weighted by molar-refractivity contribution is 5.94. The second-order valence-corrected chi connectivity index (χ2v) is 8.92. The van der Waals surface area contributed by atoms with Crippen LogP contribution in [0.4, 0.5) is 0 Å². The van der Waals surface area contributed by atoms with Crippen LogP contribution >= 0.6 is 0 Å². The summed E-state index contributed by atoms with van der Waals surface area (Å²) in [6.07, 6.45) is 0.423. The van der Waals surface area contributed by atoms with Gasteiger partial charge in [0.05, 0.1) is 25.9 Å². The second-order valence-electron chi connectivity index (χ2n) is 8.92. The van der Waals surface area contributed by atoms with Gasteiger partial charge in [0, 0.05) is 57.9 Å². The first-order valence-electron chi connectivity index (χ1n) is 11.8. The molecular weight excluding hydrogens is 418 g/mol. The van der Waals surface area contributed by atoms with Crippen LogP contribution in [0.1, 0.15) is 15.9 Å². The Morgan fingerprint density at radius 2 is 1.85 bits per heavy atom. The zero-order valence-corrected chi connectivity index (χ0v) is 19.4. The molecule has 0 aromatic heterocycles. The van der Waals surface area contributed by atoms with Crippen LogP contribution in [0.15, 0.2) is 54.6 Å². The van der Waals surface area contributed by atoms with Gasteiger partial charge in [-0.1, -0.05) is 36.4 Å². The largest absolute Gasteiger partial charge is 0.497 e. The third kappa shape index (κ3) is 6.77. The number of carbonyl (C=O) groups excluding carboxylic acids is 1. The molecule has 2 heterocycles. The van der Waals surface area contributed by atoms with Gasteiger partial charge in [0.2, 0.25) is 0 Å². The van der Waals surface area contributed by atoms with E-state index in [1.54, 1.807) is 13.2 Å². The number of hydrogen-bond acceptors (Lipinski definition) is 6. The highest BCUT2D eigenvalue weighted by Gasteiger charge is 2.27.